The first kappa shape index (κ1) is 16.7. The highest BCUT2D eigenvalue weighted by Crippen LogP contribution is 2.42. The van der Waals surface area contributed by atoms with Crippen molar-refractivity contribution in [3.8, 4) is 0 Å². The van der Waals surface area contributed by atoms with E-state index in [0.29, 0.717) is 0 Å². The summed E-state index contributed by atoms with van der Waals surface area (Å²) in [7, 11) is 0. The van der Waals surface area contributed by atoms with Crippen LogP contribution >= 0.6 is 0 Å². The number of benzene rings is 1. The minimum absolute atomic E-state index is 0.0441. The zero-order chi connectivity index (χ0) is 16.5. The van der Waals surface area contributed by atoms with Crippen LogP contribution in [0.4, 0.5) is 11.4 Å². The predicted molar refractivity (Wildman–Crippen MR) is 77.8 cm³/mol. The van der Waals surface area contributed by atoms with Crippen LogP contribution in [0.1, 0.15) is 55.6 Å². The summed E-state index contributed by atoms with van der Waals surface area (Å²) in [5.41, 5.74) is -1.23. The minimum Gasteiger partial charge on any atom is -0.294 e. The van der Waals surface area contributed by atoms with Crippen LogP contribution in [0.15, 0.2) is 6.07 Å². The average molecular weight is 294 g/mol. The number of nitro benzene ring substituents is 2. The highest BCUT2D eigenvalue weighted by Gasteiger charge is 2.37. The van der Waals surface area contributed by atoms with Gasteiger partial charge < -0.3 is 0 Å². The van der Waals surface area contributed by atoms with Gasteiger partial charge in [0.2, 0.25) is 0 Å². The summed E-state index contributed by atoms with van der Waals surface area (Å²) >= 11 is 0. The Bertz CT molecular complexity index is 629. The fourth-order valence-electron chi connectivity index (χ4n) is 2.35. The van der Waals surface area contributed by atoms with Crippen LogP contribution in [-0.4, -0.2) is 15.6 Å². The highest BCUT2D eigenvalue weighted by molar-refractivity contribution is 5.99. The second-order valence-electron chi connectivity index (χ2n) is 5.83. The molecule has 0 spiro atoms. The predicted octanol–water partition coefficient (Wildman–Crippen LogP) is 3.70. The smallest absolute Gasteiger partial charge is 0.283 e. The van der Waals surface area contributed by atoms with Crippen LogP contribution in [0.3, 0.4) is 0 Å². The normalized spacial score (nSPS) is 11.3. The van der Waals surface area contributed by atoms with Crippen LogP contribution < -0.4 is 0 Å². The Balaban J connectivity index is 3.96. The monoisotopic (exact) mass is 294 g/mol. The van der Waals surface area contributed by atoms with E-state index in [1.807, 2.05) is 0 Å². The van der Waals surface area contributed by atoms with Gasteiger partial charge in [0.1, 0.15) is 5.56 Å². The van der Waals surface area contributed by atoms with Crippen molar-refractivity contribution in [1.82, 2.24) is 0 Å². The third kappa shape index (κ3) is 3.07. The van der Waals surface area contributed by atoms with Crippen molar-refractivity contribution in [2.75, 3.05) is 0 Å². The van der Waals surface area contributed by atoms with Crippen LogP contribution in [0.2, 0.25) is 0 Å². The highest BCUT2D eigenvalue weighted by atomic mass is 16.6. The Morgan fingerprint density at radius 2 is 1.71 bits per heavy atom. The van der Waals surface area contributed by atoms with Crippen molar-refractivity contribution < 1.29 is 14.6 Å². The molecular formula is C14H18N2O5. The molecule has 21 heavy (non-hydrogen) atoms. The summed E-state index contributed by atoms with van der Waals surface area (Å²) < 4.78 is 0. The lowest BCUT2D eigenvalue weighted by Crippen LogP contribution is -2.19. The van der Waals surface area contributed by atoms with Crippen molar-refractivity contribution in [3.05, 3.63) is 43.0 Å². The van der Waals surface area contributed by atoms with Gasteiger partial charge in [0.25, 0.3) is 11.4 Å². The number of nitrogens with zero attached hydrogens (tertiary/aromatic N) is 2. The molecule has 0 aliphatic carbocycles. The first-order chi connectivity index (χ1) is 9.52. The van der Waals surface area contributed by atoms with Crippen LogP contribution in [-0.2, 0) is 5.41 Å². The molecule has 1 rings (SSSR count). The summed E-state index contributed by atoms with van der Waals surface area (Å²) in [4.78, 5) is 33.3. The van der Waals surface area contributed by atoms with E-state index in [4.69, 9.17) is 0 Å². The van der Waals surface area contributed by atoms with Gasteiger partial charge in [0.15, 0.2) is 5.78 Å². The minimum atomic E-state index is -0.788. The molecule has 0 saturated carbocycles. The topological polar surface area (TPSA) is 103 Å². The Morgan fingerprint density at radius 1 is 1.19 bits per heavy atom. The third-order valence-electron chi connectivity index (χ3n) is 3.28. The number of Topliss-reactive ketones (excluding diaryl/α,β-unsaturated/α-hetero) is 1. The van der Waals surface area contributed by atoms with Crippen LogP contribution in [0.5, 0.6) is 0 Å². The van der Waals surface area contributed by atoms with E-state index in [-0.39, 0.29) is 40.3 Å². The molecule has 0 heterocycles. The zero-order valence-electron chi connectivity index (χ0n) is 12.7. The van der Waals surface area contributed by atoms with Gasteiger partial charge in [0, 0.05) is 29.0 Å². The molecule has 1 aromatic rings. The largest absolute Gasteiger partial charge is 0.294 e. The van der Waals surface area contributed by atoms with Gasteiger partial charge in [-0.1, -0.05) is 27.7 Å². The van der Waals surface area contributed by atoms with Crippen molar-refractivity contribution >= 4 is 17.2 Å². The summed E-state index contributed by atoms with van der Waals surface area (Å²) in [5.74, 6) is -0.348. The molecule has 0 N–H and O–H groups in total. The van der Waals surface area contributed by atoms with Gasteiger partial charge in [-0.2, -0.15) is 0 Å². The Morgan fingerprint density at radius 3 is 2.05 bits per heavy atom. The lowest BCUT2D eigenvalue weighted by Gasteiger charge is -2.20. The molecule has 0 aliphatic heterocycles. The molecule has 7 nitrogen and oxygen atoms in total. The van der Waals surface area contributed by atoms with E-state index in [0.717, 1.165) is 6.07 Å². The van der Waals surface area contributed by atoms with Crippen LogP contribution in [0, 0.1) is 27.2 Å². The van der Waals surface area contributed by atoms with E-state index in [2.05, 4.69) is 0 Å². The Kier molecular flexibility index (Phi) is 4.46. The third-order valence-corrected chi connectivity index (χ3v) is 3.28. The molecule has 0 radical (unpaired) electrons. The standard InChI is InChI=1S/C14H18N2O5/c1-6-11(17)9-7-10(15(18)19)12(14(3,4)5)13(8(9)2)16(20)21/h7H,6H2,1-5H3. The number of hydrogen-bond acceptors (Lipinski definition) is 5. The molecule has 0 aliphatic rings. The second kappa shape index (κ2) is 5.59. The van der Waals surface area contributed by atoms with E-state index < -0.39 is 15.3 Å². The van der Waals surface area contributed by atoms with Gasteiger partial charge in [-0.15, -0.1) is 0 Å². The maximum absolute atomic E-state index is 11.9. The molecule has 0 aromatic heterocycles. The lowest BCUT2D eigenvalue weighted by atomic mass is 9.81. The quantitative estimate of drug-likeness (QED) is 0.478. The summed E-state index contributed by atoms with van der Waals surface area (Å²) in [6.07, 6.45) is 0.129. The fraction of sp³-hybridized carbons (Fsp3) is 0.500. The number of ketones is 1. The zero-order valence-corrected chi connectivity index (χ0v) is 12.7. The molecule has 0 unspecified atom stereocenters. The first-order valence-corrected chi connectivity index (χ1v) is 6.52. The molecule has 1 aromatic carbocycles. The van der Waals surface area contributed by atoms with Crippen molar-refractivity contribution in [3.63, 3.8) is 0 Å². The van der Waals surface area contributed by atoms with Crippen LogP contribution in [0.25, 0.3) is 0 Å². The molecule has 114 valence electrons. The molecule has 0 saturated heterocycles. The molecule has 0 fully saturated rings. The summed E-state index contributed by atoms with van der Waals surface area (Å²) in [5, 5.41) is 22.7. The average Bonchev–Trinajstić information content (AvgIpc) is 2.35. The first-order valence-electron chi connectivity index (χ1n) is 6.52. The number of rotatable bonds is 4. The van der Waals surface area contributed by atoms with Crippen molar-refractivity contribution in [1.29, 1.82) is 0 Å². The summed E-state index contributed by atoms with van der Waals surface area (Å²) in [6, 6.07) is 1.16. The van der Waals surface area contributed by atoms with Gasteiger partial charge in [-0.05, 0) is 6.92 Å². The molecule has 0 amide bonds. The van der Waals surface area contributed by atoms with E-state index in [1.165, 1.54) is 6.92 Å². The molecule has 0 atom stereocenters. The maximum atomic E-state index is 11.9. The molecular weight excluding hydrogens is 276 g/mol. The van der Waals surface area contributed by atoms with Gasteiger partial charge >= 0.3 is 0 Å². The lowest BCUT2D eigenvalue weighted by molar-refractivity contribution is -0.396. The number of nitro groups is 2. The number of carbonyl (C=O) groups is 1. The fourth-order valence-corrected chi connectivity index (χ4v) is 2.35. The van der Waals surface area contributed by atoms with Crippen molar-refractivity contribution in [2.24, 2.45) is 0 Å². The second-order valence-corrected chi connectivity index (χ2v) is 5.83. The summed E-state index contributed by atoms with van der Waals surface area (Å²) in [6.45, 7) is 8.08. The number of hydrogen-bond donors (Lipinski definition) is 0. The number of carbonyl (C=O) groups excluding carboxylic acids is 1. The molecule has 0 bridgehead atoms. The van der Waals surface area contributed by atoms with Gasteiger partial charge in [-0.3, -0.25) is 25.0 Å². The van der Waals surface area contributed by atoms with E-state index in [1.54, 1.807) is 27.7 Å². The SMILES string of the molecule is CCC(=O)c1cc([N+](=O)[O-])c(C(C)(C)C)c([N+](=O)[O-])c1C. The van der Waals surface area contributed by atoms with Crippen molar-refractivity contribution in [2.45, 2.75) is 46.5 Å². The maximum Gasteiger partial charge on any atom is 0.283 e. The van der Waals surface area contributed by atoms with E-state index in [9.17, 15) is 25.0 Å². The van der Waals surface area contributed by atoms with Gasteiger partial charge in [0.05, 0.1) is 9.85 Å². The van der Waals surface area contributed by atoms with Gasteiger partial charge in [-0.25, -0.2) is 0 Å². The Hall–Kier alpha value is -2.31. The Labute approximate surface area is 122 Å². The molecule has 7 heteroatoms. The van der Waals surface area contributed by atoms with E-state index >= 15 is 0 Å².